The molecule has 26 heavy (non-hydrogen) atoms. The van der Waals surface area contributed by atoms with Crippen LogP contribution in [0.3, 0.4) is 0 Å². The van der Waals surface area contributed by atoms with Crippen molar-refractivity contribution in [2.45, 2.75) is 64.9 Å². The second-order valence-electron chi connectivity index (χ2n) is 6.58. The first-order chi connectivity index (χ1) is 12.9. The summed E-state index contributed by atoms with van der Waals surface area (Å²) in [5.41, 5.74) is 1.17. The number of benzene rings is 2. The minimum atomic E-state index is -0.0876. The minimum absolute atomic E-state index is 0.0876. The fraction of sp³-hybridized carbons (Fsp3) is 0.478. The van der Waals surface area contributed by atoms with Crippen molar-refractivity contribution >= 4 is 0 Å². The van der Waals surface area contributed by atoms with E-state index in [4.69, 9.17) is 9.78 Å². The van der Waals surface area contributed by atoms with Gasteiger partial charge < -0.3 is 0 Å². The summed E-state index contributed by atoms with van der Waals surface area (Å²) >= 11 is -0.0876. The maximum absolute atomic E-state index is 5.35. The normalized spacial score (nSPS) is 11.1. The van der Waals surface area contributed by atoms with Crippen LogP contribution in [0.25, 0.3) is 0 Å². The molecule has 0 atom stereocenters. The van der Waals surface area contributed by atoms with Crippen LogP contribution in [0.5, 0.6) is 0 Å². The molecule has 2 aromatic rings. The third-order valence-electron chi connectivity index (χ3n) is 4.25. The van der Waals surface area contributed by atoms with Gasteiger partial charge in [0.15, 0.2) is 0 Å². The molecule has 2 rings (SSSR count). The fourth-order valence-electron chi connectivity index (χ4n) is 2.71. The first kappa shape index (κ1) is 21.4. The van der Waals surface area contributed by atoms with Gasteiger partial charge in [-0.15, -0.1) is 0 Å². The molecule has 0 spiro atoms. The van der Waals surface area contributed by atoms with Crippen LogP contribution in [0.4, 0.5) is 0 Å². The van der Waals surface area contributed by atoms with Crippen molar-refractivity contribution in [3.8, 4) is 0 Å². The van der Waals surface area contributed by atoms with Crippen LogP contribution in [-0.2, 0) is 16.4 Å². The Kier molecular flexibility index (Phi) is 11.7. The molecule has 0 heterocycles. The van der Waals surface area contributed by atoms with E-state index in [1.54, 1.807) is 0 Å². The number of unbranched alkanes of at least 4 members (excludes halogenated alkanes) is 7. The van der Waals surface area contributed by atoms with Gasteiger partial charge in [0, 0.05) is 0 Å². The molecule has 0 aliphatic rings. The van der Waals surface area contributed by atoms with Gasteiger partial charge in [0.2, 0.25) is 0 Å². The topological polar surface area (TPSA) is 18.5 Å². The van der Waals surface area contributed by atoms with E-state index in [0.29, 0.717) is 13.2 Å². The molecule has 0 saturated heterocycles. The Morgan fingerprint density at radius 1 is 0.654 bits per heavy atom. The molecule has 3 heteroatoms. The second-order valence-corrected chi connectivity index (χ2v) is 9.61. The number of hydrogen-bond donors (Lipinski definition) is 0. The van der Waals surface area contributed by atoms with Gasteiger partial charge in [0.25, 0.3) is 0 Å². The summed E-state index contributed by atoms with van der Waals surface area (Å²) in [6, 6.07) is 19.5. The molecule has 144 valence electrons. The van der Waals surface area contributed by atoms with Crippen molar-refractivity contribution in [1.82, 2.24) is 0 Å². The molecular formula is C23H32IO2-. The van der Waals surface area contributed by atoms with Crippen LogP contribution >= 0.6 is 0 Å². The Bertz CT molecular complexity index is 569. The Morgan fingerprint density at radius 2 is 1.27 bits per heavy atom. The molecule has 0 unspecified atom stereocenters. The fourth-order valence-corrected chi connectivity index (χ4v) is 4.92. The van der Waals surface area contributed by atoms with Crippen molar-refractivity contribution < 1.29 is 31.0 Å². The first-order valence-electron chi connectivity index (χ1n) is 9.91. The number of hydrogen-bond acceptors (Lipinski definition) is 2. The van der Waals surface area contributed by atoms with Crippen LogP contribution < -0.4 is 21.2 Å². The molecule has 0 fully saturated rings. The molecule has 0 aromatic heterocycles. The number of rotatable bonds is 14. The third-order valence-corrected chi connectivity index (χ3v) is 6.94. The first-order valence-corrected chi connectivity index (χ1v) is 12.1. The Balaban J connectivity index is 1.49. The van der Waals surface area contributed by atoms with Crippen LogP contribution in [0, 0.1) is 7.14 Å². The SMILES string of the molecule is CCCCCCCCCCOOCc1ccc([I-]c2ccccc2)cc1. The quantitative estimate of drug-likeness (QED) is 0.184. The average Bonchev–Trinajstić information content (AvgIpc) is 2.68. The molecule has 0 aliphatic carbocycles. The van der Waals surface area contributed by atoms with Gasteiger partial charge in [-0.25, -0.2) is 0 Å². The molecule has 0 saturated carbocycles. The van der Waals surface area contributed by atoms with E-state index < -0.39 is 0 Å². The Morgan fingerprint density at radius 3 is 1.96 bits per heavy atom. The zero-order valence-electron chi connectivity index (χ0n) is 16.0. The summed E-state index contributed by atoms with van der Waals surface area (Å²) < 4.78 is 2.88. The van der Waals surface area contributed by atoms with Gasteiger partial charge in [-0.1, -0.05) is 32.6 Å². The summed E-state index contributed by atoms with van der Waals surface area (Å²) in [4.78, 5) is 10.7. The Labute approximate surface area is 169 Å². The van der Waals surface area contributed by atoms with E-state index in [9.17, 15) is 0 Å². The third kappa shape index (κ3) is 9.70. The predicted molar refractivity (Wildman–Crippen MR) is 104 cm³/mol. The molecule has 0 amide bonds. The van der Waals surface area contributed by atoms with Crippen molar-refractivity contribution in [3.05, 3.63) is 67.3 Å². The van der Waals surface area contributed by atoms with Gasteiger partial charge in [0.05, 0.1) is 0 Å². The van der Waals surface area contributed by atoms with E-state index >= 15 is 0 Å². The summed E-state index contributed by atoms with van der Waals surface area (Å²) in [6.45, 7) is 3.49. The summed E-state index contributed by atoms with van der Waals surface area (Å²) in [6.07, 6.45) is 10.5. The van der Waals surface area contributed by atoms with Crippen LogP contribution in [0.2, 0.25) is 0 Å². The number of halogens is 1. The zero-order chi connectivity index (χ0) is 18.3. The van der Waals surface area contributed by atoms with Gasteiger partial charge in [-0.05, 0) is 0 Å². The second kappa shape index (κ2) is 14.2. The van der Waals surface area contributed by atoms with Gasteiger partial charge >= 0.3 is 137 Å². The van der Waals surface area contributed by atoms with Gasteiger partial charge in [0.1, 0.15) is 0 Å². The van der Waals surface area contributed by atoms with Crippen molar-refractivity contribution in [2.75, 3.05) is 6.61 Å². The Hall–Kier alpha value is -0.910. The molecule has 2 aromatic carbocycles. The van der Waals surface area contributed by atoms with Crippen molar-refractivity contribution in [1.29, 1.82) is 0 Å². The maximum atomic E-state index is 5.35. The monoisotopic (exact) mass is 467 g/mol. The van der Waals surface area contributed by atoms with Crippen LogP contribution in [0.15, 0.2) is 54.6 Å². The molecule has 0 aliphatic heterocycles. The predicted octanol–water partition coefficient (Wildman–Crippen LogP) is 3.40. The van der Waals surface area contributed by atoms with E-state index in [1.165, 1.54) is 57.6 Å². The van der Waals surface area contributed by atoms with Gasteiger partial charge in [-0.2, -0.15) is 0 Å². The van der Waals surface area contributed by atoms with Crippen molar-refractivity contribution in [3.63, 3.8) is 0 Å². The molecular weight excluding hydrogens is 435 g/mol. The van der Waals surface area contributed by atoms with E-state index in [0.717, 1.165) is 6.42 Å². The van der Waals surface area contributed by atoms with Gasteiger partial charge in [-0.3, -0.25) is 0 Å². The van der Waals surface area contributed by atoms with Crippen molar-refractivity contribution in [2.24, 2.45) is 0 Å². The zero-order valence-corrected chi connectivity index (χ0v) is 18.1. The van der Waals surface area contributed by atoms with E-state index in [2.05, 4.69) is 61.5 Å². The molecule has 0 N–H and O–H groups in total. The average molecular weight is 467 g/mol. The summed E-state index contributed by atoms with van der Waals surface area (Å²) in [5, 5.41) is 0. The van der Waals surface area contributed by atoms with E-state index in [-0.39, 0.29) is 21.2 Å². The molecule has 0 radical (unpaired) electrons. The van der Waals surface area contributed by atoms with Crippen LogP contribution in [0.1, 0.15) is 63.9 Å². The summed E-state index contributed by atoms with van der Waals surface area (Å²) in [5.74, 6) is 0. The van der Waals surface area contributed by atoms with E-state index in [1.807, 2.05) is 0 Å². The molecule has 0 bridgehead atoms. The van der Waals surface area contributed by atoms with Crippen LogP contribution in [-0.4, -0.2) is 6.61 Å². The molecule has 2 nitrogen and oxygen atoms in total. The standard InChI is InChI=1S/C23H32IO2/c1-2-3-4-5-6-7-8-12-19-25-26-20-21-15-17-23(18-16-21)24-22-13-10-9-11-14-22/h9-11,13-18H,2-8,12,19-20H2,1H3/q-1. The summed E-state index contributed by atoms with van der Waals surface area (Å²) in [7, 11) is 0.